The molecule has 4 rings (SSSR count). The zero-order valence-corrected chi connectivity index (χ0v) is 16.2. The number of rotatable bonds is 6. The maximum atomic E-state index is 12.3. The summed E-state index contributed by atoms with van der Waals surface area (Å²) in [7, 11) is 0. The van der Waals surface area contributed by atoms with Crippen molar-refractivity contribution in [2.75, 3.05) is 19.7 Å². The van der Waals surface area contributed by atoms with Crippen LogP contribution in [0.4, 0.5) is 13.2 Å². The molecule has 0 spiro atoms. The fourth-order valence-electron chi connectivity index (χ4n) is 3.50. The van der Waals surface area contributed by atoms with Crippen LogP contribution in [0.2, 0.25) is 0 Å². The van der Waals surface area contributed by atoms with Gasteiger partial charge in [0.15, 0.2) is 5.58 Å². The zero-order valence-electron chi connectivity index (χ0n) is 16.2. The number of nitrogens with zero attached hydrogens (tertiary/aromatic N) is 2. The van der Waals surface area contributed by atoms with E-state index in [-0.39, 0.29) is 11.7 Å². The molecule has 1 amide bonds. The van der Waals surface area contributed by atoms with E-state index in [1.54, 1.807) is 17.0 Å². The minimum Gasteiger partial charge on any atom is -0.473 e. The van der Waals surface area contributed by atoms with E-state index in [0.717, 1.165) is 24.1 Å². The Labute approximate surface area is 170 Å². The largest absolute Gasteiger partial charge is 0.573 e. The molecule has 1 aliphatic rings. The third-order valence-corrected chi connectivity index (χ3v) is 4.92. The van der Waals surface area contributed by atoms with E-state index < -0.39 is 6.36 Å². The summed E-state index contributed by atoms with van der Waals surface area (Å²) in [6.45, 7) is 3.36. The number of fused-ring (bicyclic) bond motifs is 1. The van der Waals surface area contributed by atoms with Crippen molar-refractivity contribution < 1.29 is 32.0 Å². The second kappa shape index (κ2) is 7.89. The Morgan fingerprint density at radius 1 is 1.17 bits per heavy atom. The van der Waals surface area contributed by atoms with E-state index >= 15 is 0 Å². The van der Waals surface area contributed by atoms with Crippen LogP contribution in [0, 0.1) is 6.92 Å². The SMILES string of the molecule is Cc1cc(-c2ccc(OC(F)(F)F)cc2)cc2c(OCCN3CCCC3=O)noc12. The number of hydrogen-bond donors (Lipinski definition) is 0. The highest BCUT2D eigenvalue weighted by atomic mass is 19.4. The molecule has 0 atom stereocenters. The number of halogens is 3. The van der Waals surface area contributed by atoms with Crippen LogP contribution in [0.5, 0.6) is 11.6 Å². The predicted molar refractivity (Wildman–Crippen MR) is 102 cm³/mol. The monoisotopic (exact) mass is 420 g/mol. The summed E-state index contributed by atoms with van der Waals surface area (Å²) >= 11 is 0. The fraction of sp³-hybridized carbons (Fsp3) is 0.333. The van der Waals surface area contributed by atoms with Crippen LogP contribution >= 0.6 is 0 Å². The third-order valence-electron chi connectivity index (χ3n) is 4.92. The van der Waals surface area contributed by atoms with Gasteiger partial charge in [-0.25, -0.2) is 0 Å². The Kier molecular flexibility index (Phi) is 5.27. The van der Waals surface area contributed by atoms with Gasteiger partial charge in [-0.3, -0.25) is 4.79 Å². The molecule has 6 nitrogen and oxygen atoms in total. The predicted octanol–water partition coefficient (Wildman–Crippen LogP) is 4.70. The molecule has 30 heavy (non-hydrogen) atoms. The van der Waals surface area contributed by atoms with E-state index in [1.165, 1.54) is 12.1 Å². The van der Waals surface area contributed by atoms with Crippen LogP contribution in [0.3, 0.4) is 0 Å². The molecule has 2 aromatic carbocycles. The van der Waals surface area contributed by atoms with Gasteiger partial charge in [-0.05, 0) is 59.5 Å². The zero-order chi connectivity index (χ0) is 21.3. The summed E-state index contributed by atoms with van der Waals surface area (Å²) in [4.78, 5) is 13.4. The number of ether oxygens (including phenoxy) is 2. The Hall–Kier alpha value is -3.23. The lowest BCUT2D eigenvalue weighted by Crippen LogP contribution is -2.29. The first kappa shape index (κ1) is 20.1. The number of likely N-dealkylation sites (tertiary alicyclic amines) is 1. The molecular weight excluding hydrogens is 401 g/mol. The minimum atomic E-state index is -4.73. The number of amides is 1. The van der Waals surface area contributed by atoms with Crippen molar-refractivity contribution in [1.29, 1.82) is 0 Å². The smallest absolute Gasteiger partial charge is 0.473 e. The van der Waals surface area contributed by atoms with Crippen LogP contribution in [0.1, 0.15) is 18.4 Å². The second-order valence-electron chi connectivity index (χ2n) is 7.06. The molecule has 0 saturated carbocycles. The number of carbonyl (C=O) groups excluding carboxylic acids is 1. The van der Waals surface area contributed by atoms with Gasteiger partial charge >= 0.3 is 6.36 Å². The van der Waals surface area contributed by atoms with E-state index in [1.807, 2.05) is 19.1 Å². The molecule has 3 aromatic rings. The van der Waals surface area contributed by atoms with Gasteiger partial charge in [0.05, 0.1) is 11.9 Å². The maximum Gasteiger partial charge on any atom is 0.573 e. The molecule has 0 bridgehead atoms. The lowest BCUT2D eigenvalue weighted by molar-refractivity contribution is -0.274. The first-order chi connectivity index (χ1) is 14.3. The van der Waals surface area contributed by atoms with Crippen LogP contribution in [-0.2, 0) is 4.79 Å². The van der Waals surface area contributed by atoms with Crippen molar-refractivity contribution in [3.05, 3.63) is 42.0 Å². The fourth-order valence-corrected chi connectivity index (χ4v) is 3.50. The molecule has 0 radical (unpaired) electrons. The average molecular weight is 420 g/mol. The number of benzene rings is 2. The summed E-state index contributed by atoms with van der Waals surface area (Å²) in [5.74, 6) is 0.160. The summed E-state index contributed by atoms with van der Waals surface area (Å²) < 4.78 is 52.1. The Morgan fingerprint density at radius 3 is 2.60 bits per heavy atom. The van der Waals surface area contributed by atoms with Gasteiger partial charge in [0.2, 0.25) is 5.91 Å². The molecule has 158 valence electrons. The Bertz CT molecular complexity index is 1060. The normalized spacial score (nSPS) is 14.5. The van der Waals surface area contributed by atoms with Crippen LogP contribution in [-0.4, -0.2) is 42.0 Å². The number of aromatic nitrogens is 1. The molecule has 0 aliphatic carbocycles. The number of hydrogen-bond acceptors (Lipinski definition) is 5. The maximum absolute atomic E-state index is 12.3. The summed E-state index contributed by atoms with van der Waals surface area (Å²) in [5.41, 5.74) is 2.88. The van der Waals surface area contributed by atoms with Gasteiger partial charge in [0.1, 0.15) is 12.4 Å². The molecular formula is C21H19F3N2O4. The van der Waals surface area contributed by atoms with Gasteiger partial charge in [0.25, 0.3) is 5.88 Å². The van der Waals surface area contributed by atoms with Crippen molar-refractivity contribution in [3.8, 4) is 22.8 Å². The van der Waals surface area contributed by atoms with Gasteiger partial charge < -0.3 is 18.9 Å². The molecule has 9 heteroatoms. The Balaban J connectivity index is 1.53. The molecule has 0 unspecified atom stereocenters. The van der Waals surface area contributed by atoms with Gasteiger partial charge in [-0.15, -0.1) is 13.2 Å². The summed E-state index contributed by atoms with van der Waals surface area (Å²) in [5, 5.41) is 4.64. The molecule has 2 heterocycles. The number of carbonyl (C=O) groups is 1. The third kappa shape index (κ3) is 4.34. The Morgan fingerprint density at radius 2 is 1.93 bits per heavy atom. The lowest BCUT2D eigenvalue weighted by atomic mass is 10.0. The minimum absolute atomic E-state index is 0.125. The van der Waals surface area contributed by atoms with Crippen molar-refractivity contribution in [2.24, 2.45) is 0 Å². The van der Waals surface area contributed by atoms with Crippen LogP contribution in [0.25, 0.3) is 22.1 Å². The average Bonchev–Trinajstić information content (AvgIpc) is 3.28. The topological polar surface area (TPSA) is 64.8 Å². The molecule has 1 saturated heterocycles. The number of aryl methyl sites for hydroxylation is 1. The van der Waals surface area contributed by atoms with Crippen molar-refractivity contribution in [3.63, 3.8) is 0 Å². The number of alkyl halides is 3. The van der Waals surface area contributed by atoms with Crippen LogP contribution < -0.4 is 9.47 Å². The summed E-state index contributed by atoms with van der Waals surface area (Å²) in [6, 6.07) is 9.30. The van der Waals surface area contributed by atoms with Gasteiger partial charge in [0, 0.05) is 13.0 Å². The van der Waals surface area contributed by atoms with E-state index in [0.29, 0.717) is 42.0 Å². The highest BCUT2D eigenvalue weighted by Gasteiger charge is 2.31. The molecule has 1 fully saturated rings. The summed E-state index contributed by atoms with van der Waals surface area (Å²) in [6.07, 6.45) is -3.30. The van der Waals surface area contributed by atoms with E-state index in [4.69, 9.17) is 9.26 Å². The van der Waals surface area contributed by atoms with Gasteiger partial charge in [-0.2, -0.15) is 0 Å². The highest BCUT2D eigenvalue weighted by molar-refractivity contribution is 5.89. The highest BCUT2D eigenvalue weighted by Crippen LogP contribution is 2.34. The first-order valence-corrected chi connectivity index (χ1v) is 9.47. The van der Waals surface area contributed by atoms with Crippen molar-refractivity contribution in [2.45, 2.75) is 26.1 Å². The van der Waals surface area contributed by atoms with Crippen molar-refractivity contribution in [1.82, 2.24) is 10.1 Å². The standard InChI is InChI=1S/C21H19F3N2O4/c1-13-11-15(14-4-6-16(7-5-14)29-21(22,23)24)12-17-19(13)30-25-20(17)28-10-9-26-8-2-3-18(26)27/h4-7,11-12H,2-3,8-10H2,1H3. The van der Waals surface area contributed by atoms with Crippen molar-refractivity contribution >= 4 is 16.9 Å². The second-order valence-corrected chi connectivity index (χ2v) is 7.06. The van der Waals surface area contributed by atoms with E-state index in [9.17, 15) is 18.0 Å². The molecule has 0 N–H and O–H groups in total. The molecule has 1 aliphatic heterocycles. The quantitative estimate of drug-likeness (QED) is 0.578. The van der Waals surface area contributed by atoms with Crippen LogP contribution in [0.15, 0.2) is 40.9 Å². The van der Waals surface area contributed by atoms with E-state index in [2.05, 4.69) is 9.89 Å². The molecule has 1 aromatic heterocycles. The van der Waals surface area contributed by atoms with Gasteiger partial charge in [-0.1, -0.05) is 12.1 Å². The lowest BCUT2D eigenvalue weighted by Gasteiger charge is -2.14. The first-order valence-electron chi connectivity index (χ1n) is 9.47.